The van der Waals surface area contributed by atoms with Crippen LogP contribution in [-0.4, -0.2) is 5.91 Å². The monoisotopic (exact) mass is 231 g/mol. The molecule has 0 spiro atoms. The predicted molar refractivity (Wildman–Crippen MR) is 71.9 cm³/mol. The average Bonchev–Trinajstić information content (AvgIpc) is 2.14. The van der Waals surface area contributed by atoms with E-state index in [1.54, 1.807) is 6.08 Å². The van der Waals surface area contributed by atoms with Crippen molar-refractivity contribution in [3.8, 4) is 0 Å². The van der Waals surface area contributed by atoms with Crippen LogP contribution in [0.1, 0.15) is 36.1 Å². The fraction of sp³-hybridized carbons (Fsp3) is 0.400. The predicted octanol–water partition coefficient (Wildman–Crippen LogP) is 3.19. The number of carbonyl (C=O) groups is 1. The lowest BCUT2D eigenvalue weighted by Crippen LogP contribution is -2.21. The lowest BCUT2D eigenvalue weighted by molar-refractivity contribution is -0.116. The van der Waals surface area contributed by atoms with Gasteiger partial charge in [-0.15, -0.1) is 0 Å². The van der Waals surface area contributed by atoms with Gasteiger partial charge in [0, 0.05) is 12.6 Å². The molecule has 0 aliphatic rings. The maximum absolute atomic E-state index is 11.5. The van der Waals surface area contributed by atoms with Gasteiger partial charge in [0.15, 0.2) is 0 Å². The molecule has 0 aliphatic heterocycles. The minimum atomic E-state index is -0.0237. The van der Waals surface area contributed by atoms with Crippen LogP contribution < -0.4 is 5.32 Å². The highest BCUT2D eigenvalue weighted by Crippen LogP contribution is 2.15. The standard InChI is InChI=1S/C15H21NO/c1-10(2)6-15(17)16-9-14-12(4)7-11(3)8-13(14)5/h6-8H,9H2,1-5H3,(H,16,17). The highest BCUT2D eigenvalue weighted by atomic mass is 16.1. The minimum Gasteiger partial charge on any atom is -0.348 e. The van der Waals surface area contributed by atoms with Gasteiger partial charge >= 0.3 is 0 Å². The van der Waals surface area contributed by atoms with E-state index in [0.717, 1.165) is 5.57 Å². The fourth-order valence-electron chi connectivity index (χ4n) is 1.98. The van der Waals surface area contributed by atoms with Gasteiger partial charge in [0.25, 0.3) is 0 Å². The average molecular weight is 231 g/mol. The second kappa shape index (κ2) is 5.67. The fourth-order valence-corrected chi connectivity index (χ4v) is 1.98. The van der Waals surface area contributed by atoms with Gasteiger partial charge in [-0.1, -0.05) is 23.3 Å². The lowest BCUT2D eigenvalue weighted by atomic mass is 10.00. The molecule has 0 bridgehead atoms. The number of rotatable bonds is 3. The number of nitrogens with one attached hydrogen (secondary N) is 1. The van der Waals surface area contributed by atoms with Crippen molar-refractivity contribution in [1.82, 2.24) is 5.32 Å². The first-order valence-corrected chi connectivity index (χ1v) is 5.89. The Morgan fingerprint density at radius 2 is 1.71 bits per heavy atom. The number of benzene rings is 1. The van der Waals surface area contributed by atoms with Crippen molar-refractivity contribution >= 4 is 5.91 Å². The maximum atomic E-state index is 11.5. The Hall–Kier alpha value is -1.57. The van der Waals surface area contributed by atoms with E-state index in [9.17, 15) is 4.79 Å². The molecule has 0 atom stereocenters. The largest absolute Gasteiger partial charge is 0.348 e. The van der Waals surface area contributed by atoms with Crippen LogP contribution in [0.3, 0.4) is 0 Å². The van der Waals surface area contributed by atoms with Crippen LogP contribution in [0.25, 0.3) is 0 Å². The third-order valence-corrected chi connectivity index (χ3v) is 2.70. The third-order valence-electron chi connectivity index (χ3n) is 2.70. The molecule has 1 rings (SSSR count). The van der Waals surface area contributed by atoms with Crippen LogP contribution >= 0.6 is 0 Å². The molecular weight excluding hydrogens is 210 g/mol. The molecule has 0 aliphatic carbocycles. The van der Waals surface area contributed by atoms with Crippen LogP contribution in [0.4, 0.5) is 0 Å². The molecule has 0 aromatic heterocycles. The van der Waals surface area contributed by atoms with E-state index in [1.807, 2.05) is 13.8 Å². The van der Waals surface area contributed by atoms with Crippen molar-refractivity contribution in [1.29, 1.82) is 0 Å². The smallest absolute Gasteiger partial charge is 0.244 e. The normalized spacial score (nSPS) is 9.94. The zero-order chi connectivity index (χ0) is 13.0. The van der Waals surface area contributed by atoms with Gasteiger partial charge in [-0.25, -0.2) is 0 Å². The molecule has 0 unspecified atom stereocenters. The Balaban J connectivity index is 2.77. The van der Waals surface area contributed by atoms with Crippen LogP contribution in [-0.2, 0) is 11.3 Å². The molecule has 0 saturated carbocycles. The number of carbonyl (C=O) groups excluding carboxylic acids is 1. The van der Waals surface area contributed by atoms with E-state index in [4.69, 9.17) is 0 Å². The van der Waals surface area contributed by atoms with Crippen molar-refractivity contribution < 1.29 is 4.79 Å². The summed E-state index contributed by atoms with van der Waals surface area (Å²) in [6, 6.07) is 4.30. The van der Waals surface area contributed by atoms with E-state index < -0.39 is 0 Å². The number of amides is 1. The summed E-state index contributed by atoms with van der Waals surface area (Å²) in [5.74, 6) is -0.0237. The number of hydrogen-bond donors (Lipinski definition) is 1. The molecule has 1 aromatic carbocycles. The molecule has 2 nitrogen and oxygen atoms in total. The van der Waals surface area contributed by atoms with Crippen LogP contribution in [0, 0.1) is 20.8 Å². The summed E-state index contributed by atoms with van der Waals surface area (Å²) in [4.78, 5) is 11.5. The highest BCUT2D eigenvalue weighted by molar-refractivity contribution is 5.88. The van der Waals surface area contributed by atoms with Crippen LogP contribution in [0.5, 0.6) is 0 Å². The summed E-state index contributed by atoms with van der Waals surface area (Å²) in [6.07, 6.45) is 1.62. The number of aryl methyl sites for hydroxylation is 3. The van der Waals surface area contributed by atoms with Gasteiger partial charge in [0.05, 0.1) is 0 Å². The van der Waals surface area contributed by atoms with E-state index in [1.165, 1.54) is 22.3 Å². The second-order valence-electron chi connectivity index (χ2n) is 4.82. The Kier molecular flexibility index (Phi) is 4.50. The van der Waals surface area contributed by atoms with Crippen molar-refractivity contribution in [2.24, 2.45) is 0 Å². The van der Waals surface area contributed by atoms with Gasteiger partial charge in [-0.05, 0) is 51.3 Å². The number of hydrogen-bond acceptors (Lipinski definition) is 1. The van der Waals surface area contributed by atoms with Gasteiger partial charge in [0.2, 0.25) is 5.91 Å². The summed E-state index contributed by atoms with van der Waals surface area (Å²) in [5.41, 5.74) is 5.96. The zero-order valence-electron chi connectivity index (χ0n) is 11.3. The molecule has 92 valence electrons. The van der Waals surface area contributed by atoms with Crippen molar-refractivity contribution in [3.05, 3.63) is 46.0 Å². The Labute approximate surface area is 104 Å². The third kappa shape index (κ3) is 4.06. The van der Waals surface area contributed by atoms with E-state index in [0.29, 0.717) is 6.54 Å². The van der Waals surface area contributed by atoms with Crippen molar-refractivity contribution in [3.63, 3.8) is 0 Å². The minimum absolute atomic E-state index is 0.0237. The Morgan fingerprint density at radius 1 is 1.18 bits per heavy atom. The quantitative estimate of drug-likeness (QED) is 0.795. The van der Waals surface area contributed by atoms with Gasteiger partial charge < -0.3 is 5.32 Å². The molecule has 1 aromatic rings. The van der Waals surface area contributed by atoms with Crippen molar-refractivity contribution in [2.45, 2.75) is 41.2 Å². The highest BCUT2D eigenvalue weighted by Gasteiger charge is 2.04. The molecule has 0 saturated heterocycles. The van der Waals surface area contributed by atoms with Crippen LogP contribution in [0.2, 0.25) is 0 Å². The van der Waals surface area contributed by atoms with E-state index in [2.05, 4.69) is 38.2 Å². The SMILES string of the molecule is CC(C)=CC(=O)NCc1c(C)cc(C)cc1C. The summed E-state index contributed by atoms with van der Waals surface area (Å²) < 4.78 is 0. The second-order valence-corrected chi connectivity index (χ2v) is 4.82. The summed E-state index contributed by atoms with van der Waals surface area (Å²) in [7, 11) is 0. The molecule has 1 amide bonds. The van der Waals surface area contributed by atoms with Crippen molar-refractivity contribution in [2.75, 3.05) is 0 Å². The molecule has 17 heavy (non-hydrogen) atoms. The van der Waals surface area contributed by atoms with Gasteiger partial charge in [-0.3, -0.25) is 4.79 Å². The number of allylic oxidation sites excluding steroid dienone is 1. The first kappa shape index (κ1) is 13.5. The molecule has 0 radical (unpaired) electrons. The lowest BCUT2D eigenvalue weighted by Gasteiger charge is -2.11. The maximum Gasteiger partial charge on any atom is 0.244 e. The van der Waals surface area contributed by atoms with Gasteiger partial charge in [-0.2, -0.15) is 0 Å². The molecule has 0 heterocycles. The topological polar surface area (TPSA) is 29.1 Å². The summed E-state index contributed by atoms with van der Waals surface area (Å²) in [6.45, 7) is 10.7. The summed E-state index contributed by atoms with van der Waals surface area (Å²) >= 11 is 0. The molecule has 0 fully saturated rings. The first-order valence-electron chi connectivity index (χ1n) is 5.89. The summed E-state index contributed by atoms with van der Waals surface area (Å²) in [5, 5.41) is 2.92. The molecular formula is C15H21NO. The van der Waals surface area contributed by atoms with Crippen LogP contribution in [0.15, 0.2) is 23.8 Å². The first-order chi connectivity index (χ1) is 7.90. The van der Waals surface area contributed by atoms with E-state index in [-0.39, 0.29) is 5.91 Å². The zero-order valence-corrected chi connectivity index (χ0v) is 11.3. The van der Waals surface area contributed by atoms with Gasteiger partial charge in [0.1, 0.15) is 0 Å². The molecule has 1 N–H and O–H groups in total. The van der Waals surface area contributed by atoms with E-state index >= 15 is 0 Å². The Bertz CT molecular complexity index is 431. The Morgan fingerprint density at radius 3 is 2.18 bits per heavy atom. The molecule has 2 heteroatoms.